The molecule has 0 bridgehead atoms. The highest BCUT2D eigenvalue weighted by molar-refractivity contribution is 5.51. The largest absolute Gasteiger partial charge is 0.366 e. The Morgan fingerprint density at radius 3 is 2.56 bits per heavy atom. The van der Waals surface area contributed by atoms with Gasteiger partial charge in [-0.15, -0.1) is 0 Å². The summed E-state index contributed by atoms with van der Waals surface area (Å²) in [5, 5.41) is 3.29. The number of unbranched alkanes of at least 4 members (excludes halogenated alkanes) is 2. The van der Waals surface area contributed by atoms with E-state index in [1.165, 1.54) is 18.9 Å². The van der Waals surface area contributed by atoms with Crippen LogP contribution in [0.2, 0.25) is 0 Å². The van der Waals surface area contributed by atoms with Crippen LogP contribution in [0.1, 0.15) is 26.2 Å². The van der Waals surface area contributed by atoms with Crippen molar-refractivity contribution in [1.82, 2.24) is 9.97 Å². The van der Waals surface area contributed by atoms with Crippen molar-refractivity contribution < 1.29 is 4.39 Å². The van der Waals surface area contributed by atoms with Gasteiger partial charge in [0.1, 0.15) is 11.6 Å². The summed E-state index contributed by atoms with van der Waals surface area (Å²) in [4.78, 5) is 13.2. The fourth-order valence-corrected chi connectivity index (χ4v) is 3.07. The molecule has 1 aliphatic rings. The third-order valence-corrected chi connectivity index (χ3v) is 4.50. The molecule has 3 rings (SSSR count). The van der Waals surface area contributed by atoms with E-state index in [9.17, 15) is 4.39 Å². The molecule has 2 aromatic rings. The van der Waals surface area contributed by atoms with Crippen LogP contribution < -0.4 is 15.1 Å². The van der Waals surface area contributed by atoms with Crippen LogP contribution in [-0.4, -0.2) is 42.7 Å². The second-order valence-corrected chi connectivity index (χ2v) is 6.30. The average molecular weight is 343 g/mol. The number of piperazine rings is 1. The lowest BCUT2D eigenvalue weighted by molar-refractivity contribution is 0.596. The van der Waals surface area contributed by atoms with Crippen LogP contribution in [0, 0.1) is 5.82 Å². The number of halogens is 1. The molecule has 1 aliphatic heterocycles. The minimum Gasteiger partial charge on any atom is -0.366 e. The Labute approximate surface area is 148 Å². The zero-order valence-corrected chi connectivity index (χ0v) is 14.8. The second-order valence-electron chi connectivity index (χ2n) is 6.30. The van der Waals surface area contributed by atoms with Crippen LogP contribution in [0.3, 0.4) is 0 Å². The molecule has 1 aromatic carbocycles. The molecule has 0 radical (unpaired) electrons. The third-order valence-electron chi connectivity index (χ3n) is 4.50. The fraction of sp³-hybridized carbons (Fsp3) is 0.474. The smallest absolute Gasteiger partial charge is 0.224 e. The summed E-state index contributed by atoms with van der Waals surface area (Å²) in [6.45, 7) is 6.30. The molecule has 0 saturated carbocycles. The second kappa shape index (κ2) is 8.65. The molecule has 5 nitrogen and oxygen atoms in total. The normalized spacial score (nSPS) is 14.6. The Bertz CT molecular complexity index is 670. The van der Waals surface area contributed by atoms with Crippen molar-refractivity contribution in [3.63, 3.8) is 0 Å². The van der Waals surface area contributed by atoms with E-state index in [-0.39, 0.29) is 5.82 Å². The first-order valence-corrected chi connectivity index (χ1v) is 9.09. The Morgan fingerprint density at radius 1 is 1.04 bits per heavy atom. The Hall–Kier alpha value is -2.37. The third kappa shape index (κ3) is 4.59. The number of aromatic nitrogens is 2. The molecule has 0 unspecified atom stereocenters. The van der Waals surface area contributed by atoms with E-state index >= 15 is 0 Å². The molecule has 2 heterocycles. The molecule has 1 fully saturated rings. The minimum atomic E-state index is -0.156. The number of nitrogens with one attached hydrogen (secondary N) is 1. The molecule has 1 saturated heterocycles. The van der Waals surface area contributed by atoms with E-state index in [2.05, 4.69) is 32.0 Å². The summed E-state index contributed by atoms with van der Waals surface area (Å²) in [5.41, 5.74) is 0.683. The maximum atomic E-state index is 13.9. The predicted molar refractivity (Wildman–Crippen MR) is 101 cm³/mol. The molecule has 0 spiro atoms. The van der Waals surface area contributed by atoms with Gasteiger partial charge in [-0.3, -0.25) is 0 Å². The molecule has 0 aliphatic carbocycles. The van der Waals surface area contributed by atoms with E-state index in [0.717, 1.165) is 45.0 Å². The van der Waals surface area contributed by atoms with Crippen molar-refractivity contribution in [1.29, 1.82) is 0 Å². The molecule has 134 valence electrons. The summed E-state index contributed by atoms with van der Waals surface area (Å²) >= 11 is 0. The van der Waals surface area contributed by atoms with Gasteiger partial charge in [0.15, 0.2) is 0 Å². The molecule has 0 atom stereocenters. The van der Waals surface area contributed by atoms with Crippen LogP contribution in [0.4, 0.5) is 21.8 Å². The summed E-state index contributed by atoms with van der Waals surface area (Å²) in [5.74, 6) is 1.46. The molecular formula is C19H26FN5. The van der Waals surface area contributed by atoms with E-state index in [1.807, 2.05) is 18.2 Å². The van der Waals surface area contributed by atoms with Crippen LogP contribution >= 0.6 is 0 Å². The van der Waals surface area contributed by atoms with E-state index < -0.39 is 0 Å². The van der Waals surface area contributed by atoms with Gasteiger partial charge in [-0.2, -0.15) is 4.98 Å². The molecule has 1 N–H and O–H groups in total. The van der Waals surface area contributed by atoms with Gasteiger partial charge >= 0.3 is 0 Å². The summed E-state index contributed by atoms with van der Waals surface area (Å²) in [7, 11) is 0. The van der Waals surface area contributed by atoms with Gasteiger partial charge in [-0.05, 0) is 24.6 Å². The Morgan fingerprint density at radius 2 is 1.80 bits per heavy atom. The fourth-order valence-electron chi connectivity index (χ4n) is 3.07. The van der Waals surface area contributed by atoms with Crippen LogP contribution in [0.5, 0.6) is 0 Å². The van der Waals surface area contributed by atoms with Crippen molar-refractivity contribution in [3.05, 3.63) is 42.3 Å². The summed E-state index contributed by atoms with van der Waals surface area (Å²) in [6, 6.07) is 8.91. The highest BCUT2D eigenvalue weighted by Gasteiger charge is 2.20. The monoisotopic (exact) mass is 343 g/mol. The first-order valence-electron chi connectivity index (χ1n) is 9.09. The predicted octanol–water partition coefficient (Wildman–Crippen LogP) is 3.54. The highest BCUT2D eigenvalue weighted by Crippen LogP contribution is 2.22. The van der Waals surface area contributed by atoms with Gasteiger partial charge < -0.3 is 15.1 Å². The molecule has 0 amide bonds. The van der Waals surface area contributed by atoms with Crippen molar-refractivity contribution in [2.45, 2.75) is 26.2 Å². The van der Waals surface area contributed by atoms with Crippen molar-refractivity contribution in [3.8, 4) is 0 Å². The van der Waals surface area contributed by atoms with Crippen molar-refractivity contribution in [2.75, 3.05) is 47.8 Å². The molecule has 1 aromatic heterocycles. The minimum absolute atomic E-state index is 0.156. The number of hydrogen-bond acceptors (Lipinski definition) is 5. The Kier molecular flexibility index (Phi) is 6.04. The topological polar surface area (TPSA) is 44.3 Å². The lowest BCUT2D eigenvalue weighted by Crippen LogP contribution is -2.47. The standard InChI is InChI=1S/C19H26FN5/c1-2-3-6-10-21-19-22-11-9-18(23-19)25-14-12-24(13-15-25)17-8-5-4-7-16(17)20/h4-5,7-9,11H,2-3,6,10,12-15H2,1H3,(H,21,22,23). The molecule has 6 heteroatoms. The van der Waals surface area contributed by atoms with E-state index in [1.54, 1.807) is 12.3 Å². The molecule has 25 heavy (non-hydrogen) atoms. The number of rotatable bonds is 7. The number of hydrogen-bond donors (Lipinski definition) is 1. The number of benzene rings is 1. The first kappa shape index (κ1) is 17.5. The maximum absolute atomic E-state index is 13.9. The quantitative estimate of drug-likeness (QED) is 0.779. The Balaban J connectivity index is 1.56. The van der Waals surface area contributed by atoms with Gasteiger partial charge in [0.05, 0.1) is 5.69 Å². The molecular weight excluding hydrogens is 317 g/mol. The van der Waals surface area contributed by atoms with E-state index in [4.69, 9.17) is 0 Å². The zero-order valence-electron chi connectivity index (χ0n) is 14.8. The SMILES string of the molecule is CCCCCNc1nccc(N2CCN(c3ccccc3F)CC2)n1. The first-order chi connectivity index (χ1) is 12.3. The van der Waals surface area contributed by atoms with Gasteiger partial charge in [0.25, 0.3) is 0 Å². The van der Waals surface area contributed by atoms with Gasteiger partial charge in [0.2, 0.25) is 5.95 Å². The van der Waals surface area contributed by atoms with E-state index in [0.29, 0.717) is 11.6 Å². The number of nitrogens with zero attached hydrogens (tertiary/aromatic N) is 4. The van der Waals surface area contributed by atoms with Crippen molar-refractivity contribution >= 4 is 17.5 Å². The van der Waals surface area contributed by atoms with Crippen LogP contribution in [0.15, 0.2) is 36.5 Å². The van der Waals surface area contributed by atoms with Gasteiger partial charge in [0, 0.05) is 38.9 Å². The lowest BCUT2D eigenvalue weighted by atomic mass is 10.2. The summed E-state index contributed by atoms with van der Waals surface area (Å²) < 4.78 is 13.9. The average Bonchev–Trinajstić information content (AvgIpc) is 2.66. The maximum Gasteiger partial charge on any atom is 0.224 e. The lowest BCUT2D eigenvalue weighted by Gasteiger charge is -2.36. The van der Waals surface area contributed by atoms with Gasteiger partial charge in [-0.25, -0.2) is 9.37 Å². The van der Waals surface area contributed by atoms with Crippen LogP contribution in [-0.2, 0) is 0 Å². The van der Waals surface area contributed by atoms with Crippen LogP contribution in [0.25, 0.3) is 0 Å². The highest BCUT2D eigenvalue weighted by atomic mass is 19.1. The van der Waals surface area contributed by atoms with Gasteiger partial charge in [-0.1, -0.05) is 31.9 Å². The number of anilines is 3. The summed E-state index contributed by atoms with van der Waals surface area (Å²) in [6.07, 6.45) is 5.35. The number of para-hydroxylation sites is 1. The zero-order chi connectivity index (χ0) is 17.5. The van der Waals surface area contributed by atoms with Crippen molar-refractivity contribution in [2.24, 2.45) is 0 Å².